The van der Waals surface area contributed by atoms with E-state index in [1.54, 1.807) is 24.0 Å². The van der Waals surface area contributed by atoms with Crippen molar-refractivity contribution in [3.63, 3.8) is 0 Å². The summed E-state index contributed by atoms with van der Waals surface area (Å²) >= 11 is 0. The molecule has 1 aromatic carbocycles. The van der Waals surface area contributed by atoms with E-state index >= 15 is 0 Å². The van der Waals surface area contributed by atoms with Crippen LogP contribution in [0.1, 0.15) is 59.9 Å². The first-order valence-electron chi connectivity index (χ1n) is 10.1. The van der Waals surface area contributed by atoms with E-state index in [1.807, 2.05) is 20.8 Å². The number of pyridine rings is 1. The molecule has 1 fully saturated rings. The number of aromatic nitrogens is 1. The monoisotopic (exact) mass is 413 g/mol. The maximum atomic E-state index is 14.7. The fourth-order valence-electron chi connectivity index (χ4n) is 3.22. The number of halogens is 1. The lowest BCUT2D eigenvalue weighted by Crippen LogP contribution is -2.37. The molecule has 3 rings (SSSR count). The SMILES string of the molecule is Cc1c(F)cc(C(=O)N(CCOC(C)(C)C)C2CC2)cc1-c1ccc(C(N)=O)cn1. The first-order chi connectivity index (χ1) is 14.1. The number of primary amides is 1. The average molecular weight is 413 g/mol. The molecule has 0 unspecified atom stereocenters. The predicted molar refractivity (Wildman–Crippen MR) is 113 cm³/mol. The third-order valence-corrected chi connectivity index (χ3v) is 5.03. The maximum Gasteiger partial charge on any atom is 0.254 e. The lowest BCUT2D eigenvalue weighted by molar-refractivity contribution is -0.0125. The van der Waals surface area contributed by atoms with E-state index < -0.39 is 11.7 Å². The lowest BCUT2D eigenvalue weighted by atomic mass is 10.00. The van der Waals surface area contributed by atoms with E-state index in [9.17, 15) is 14.0 Å². The number of hydrogen-bond acceptors (Lipinski definition) is 4. The fraction of sp³-hybridized carbons (Fsp3) is 0.435. The number of carbonyl (C=O) groups is 2. The predicted octanol–water partition coefficient (Wildman–Crippen LogP) is 3.71. The van der Waals surface area contributed by atoms with Crippen LogP contribution < -0.4 is 5.73 Å². The second kappa shape index (κ2) is 8.52. The molecule has 1 aliphatic carbocycles. The van der Waals surface area contributed by atoms with Gasteiger partial charge in [0.2, 0.25) is 5.91 Å². The number of ether oxygens (including phenoxy) is 1. The molecule has 2 amide bonds. The van der Waals surface area contributed by atoms with Gasteiger partial charge in [0.25, 0.3) is 5.91 Å². The number of carbonyl (C=O) groups excluding carboxylic acids is 2. The van der Waals surface area contributed by atoms with Gasteiger partial charge >= 0.3 is 0 Å². The lowest BCUT2D eigenvalue weighted by Gasteiger charge is -2.26. The second-order valence-corrected chi connectivity index (χ2v) is 8.62. The summed E-state index contributed by atoms with van der Waals surface area (Å²) < 4.78 is 20.5. The van der Waals surface area contributed by atoms with E-state index in [1.165, 1.54) is 18.3 Å². The molecule has 7 heteroatoms. The summed E-state index contributed by atoms with van der Waals surface area (Å²) in [6.07, 6.45) is 3.24. The highest BCUT2D eigenvalue weighted by molar-refractivity contribution is 5.96. The van der Waals surface area contributed by atoms with Gasteiger partial charge in [0, 0.05) is 29.9 Å². The minimum Gasteiger partial charge on any atom is -0.374 e. The minimum atomic E-state index is -0.585. The van der Waals surface area contributed by atoms with Crippen molar-refractivity contribution in [3.8, 4) is 11.3 Å². The van der Waals surface area contributed by atoms with Gasteiger partial charge in [-0.15, -0.1) is 0 Å². The Morgan fingerprint density at radius 3 is 2.47 bits per heavy atom. The Labute approximate surface area is 176 Å². The van der Waals surface area contributed by atoms with Crippen LogP contribution in [0, 0.1) is 12.7 Å². The fourth-order valence-corrected chi connectivity index (χ4v) is 3.22. The Kier molecular flexibility index (Phi) is 6.22. The number of benzene rings is 1. The van der Waals surface area contributed by atoms with Crippen LogP contribution >= 0.6 is 0 Å². The summed E-state index contributed by atoms with van der Waals surface area (Å²) in [5, 5.41) is 0. The summed E-state index contributed by atoms with van der Waals surface area (Å²) in [6.45, 7) is 8.41. The van der Waals surface area contributed by atoms with Gasteiger partial charge in [-0.05, 0) is 70.4 Å². The van der Waals surface area contributed by atoms with Crippen LogP contribution in [-0.4, -0.2) is 46.5 Å². The van der Waals surface area contributed by atoms with Crippen LogP contribution in [0.3, 0.4) is 0 Å². The molecule has 6 nitrogen and oxygen atoms in total. The molecule has 1 heterocycles. The van der Waals surface area contributed by atoms with Gasteiger partial charge < -0.3 is 15.4 Å². The smallest absolute Gasteiger partial charge is 0.254 e. The van der Waals surface area contributed by atoms with Gasteiger partial charge in [-0.25, -0.2) is 4.39 Å². The Morgan fingerprint density at radius 2 is 1.93 bits per heavy atom. The van der Waals surface area contributed by atoms with Gasteiger partial charge in [0.05, 0.1) is 23.5 Å². The molecule has 0 bridgehead atoms. The molecule has 0 saturated heterocycles. The van der Waals surface area contributed by atoms with Crippen LogP contribution in [0.4, 0.5) is 4.39 Å². The summed E-state index contributed by atoms with van der Waals surface area (Å²) in [7, 11) is 0. The number of amides is 2. The molecule has 0 radical (unpaired) electrons. The molecule has 1 saturated carbocycles. The summed E-state index contributed by atoms with van der Waals surface area (Å²) in [4.78, 5) is 30.5. The van der Waals surface area contributed by atoms with Crippen LogP contribution in [0.15, 0.2) is 30.5 Å². The summed E-state index contributed by atoms with van der Waals surface area (Å²) in [6, 6.07) is 6.25. The Balaban J connectivity index is 1.87. The highest BCUT2D eigenvalue weighted by atomic mass is 19.1. The third-order valence-electron chi connectivity index (χ3n) is 5.03. The standard InChI is InChI=1S/C23H28FN3O3/c1-14-18(20-8-5-15(13-26-20)21(25)28)11-16(12-19(14)24)22(29)27(17-6-7-17)9-10-30-23(2,3)4/h5,8,11-13,17H,6-7,9-10H2,1-4H3,(H2,25,28). The molecule has 2 N–H and O–H groups in total. The van der Waals surface area contributed by atoms with Crippen LogP contribution in [-0.2, 0) is 4.74 Å². The Morgan fingerprint density at radius 1 is 1.23 bits per heavy atom. The molecule has 0 aliphatic heterocycles. The van der Waals surface area contributed by atoms with Crippen molar-refractivity contribution in [1.82, 2.24) is 9.88 Å². The molecule has 0 atom stereocenters. The van der Waals surface area contributed by atoms with Gasteiger partial charge in [-0.2, -0.15) is 0 Å². The molecule has 1 aliphatic rings. The first-order valence-corrected chi connectivity index (χ1v) is 10.1. The largest absolute Gasteiger partial charge is 0.374 e. The quantitative estimate of drug-likeness (QED) is 0.750. The van der Waals surface area contributed by atoms with Crippen LogP contribution in [0.5, 0.6) is 0 Å². The van der Waals surface area contributed by atoms with Gasteiger partial charge in [-0.3, -0.25) is 14.6 Å². The van der Waals surface area contributed by atoms with Crippen molar-refractivity contribution in [3.05, 3.63) is 53.0 Å². The molecule has 2 aromatic rings. The minimum absolute atomic E-state index is 0.168. The van der Waals surface area contributed by atoms with Gasteiger partial charge in [-0.1, -0.05) is 0 Å². The number of rotatable bonds is 7. The van der Waals surface area contributed by atoms with E-state index in [0.717, 1.165) is 12.8 Å². The summed E-state index contributed by atoms with van der Waals surface area (Å²) in [5.41, 5.74) is 6.88. The zero-order valence-corrected chi connectivity index (χ0v) is 17.9. The van der Waals surface area contributed by atoms with Crippen molar-refractivity contribution in [2.75, 3.05) is 13.2 Å². The normalized spacial score (nSPS) is 13.9. The molecule has 1 aromatic heterocycles. The van der Waals surface area contributed by atoms with Gasteiger partial charge in [0.1, 0.15) is 5.82 Å². The van der Waals surface area contributed by atoms with Crippen molar-refractivity contribution in [2.45, 2.75) is 52.2 Å². The number of hydrogen-bond donors (Lipinski definition) is 1. The Bertz CT molecular complexity index is 947. The maximum absolute atomic E-state index is 14.7. The molecule has 30 heavy (non-hydrogen) atoms. The van der Waals surface area contributed by atoms with E-state index in [2.05, 4.69) is 4.98 Å². The molecule has 0 spiro atoms. The molecular weight excluding hydrogens is 385 g/mol. The zero-order valence-electron chi connectivity index (χ0n) is 17.9. The number of nitrogens with zero attached hydrogens (tertiary/aromatic N) is 2. The first kappa shape index (κ1) is 21.9. The van der Waals surface area contributed by atoms with Crippen LogP contribution in [0.25, 0.3) is 11.3 Å². The highest BCUT2D eigenvalue weighted by Crippen LogP contribution is 2.31. The zero-order chi connectivity index (χ0) is 22.1. The van der Waals surface area contributed by atoms with Crippen molar-refractivity contribution in [2.24, 2.45) is 5.73 Å². The van der Waals surface area contributed by atoms with E-state index in [-0.39, 0.29) is 28.7 Å². The van der Waals surface area contributed by atoms with Crippen molar-refractivity contribution in [1.29, 1.82) is 0 Å². The van der Waals surface area contributed by atoms with E-state index in [4.69, 9.17) is 10.5 Å². The molecular formula is C23H28FN3O3. The topological polar surface area (TPSA) is 85.5 Å². The van der Waals surface area contributed by atoms with Crippen molar-refractivity contribution < 1.29 is 18.7 Å². The average Bonchev–Trinajstić information content (AvgIpc) is 3.51. The third kappa shape index (κ3) is 5.21. The van der Waals surface area contributed by atoms with Crippen molar-refractivity contribution >= 4 is 11.8 Å². The van der Waals surface area contributed by atoms with Gasteiger partial charge in [0.15, 0.2) is 0 Å². The summed E-state index contributed by atoms with van der Waals surface area (Å²) in [5.74, 6) is -1.28. The van der Waals surface area contributed by atoms with E-state index in [0.29, 0.717) is 30.0 Å². The Hall–Kier alpha value is -2.80. The molecule has 160 valence electrons. The second-order valence-electron chi connectivity index (χ2n) is 8.62. The highest BCUT2D eigenvalue weighted by Gasteiger charge is 2.33. The van der Waals surface area contributed by atoms with Crippen LogP contribution in [0.2, 0.25) is 0 Å². The number of nitrogens with two attached hydrogens (primary N) is 1.